The summed E-state index contributed by atoms with van der Waals surface area (Å²) in [5, 5.41) is 14.3. The van der Waals surface area contributed by atoms with E-state index in [1.165, 1.54) is 25.5 Å². The van der Waals surface area contributed by atoms with E-state index in [0.717, 1.165) is 11.3 Å². The van der Waals surface area contributed by atoms with Gasteiger partial charge in [0, 0.05) is 0 Å². The number of ether oxygens (including phenoxy) is 1. The molecule has 2 heterocycles. The van der Waals surface area contributed by atoms with Crippen LogP contribution in [0, 0.1) is 11.3 Å². The number of carbonyl (C=O) groups is 2. The molecule has 2 aromatic heterocycles. The maximum atomic E-state index is 11.9. The number of hydrogen-bond acceptors (Lipinski definition) is 8. The molecule has 0 aliphatic rings. The molecule has 0 saturated carbocycles. The van der Waals surface area contributed by atoms with Crippen molar-refractivity contribution in [3.63, 3.8) is 0 Å². The van der Waals surface area contributed by atoms with Crippen molar-refractivity contribution in [2.75, 3.05) is 12.5 Å². The first-order valence-corrected chi connectivity index (χ1v) is 6.53. The van der Waals surface area contributed by atoms with Gasteiger partial charge < -0.3 is 9.15 Å². The first-order valence-electron chi connectivity index (χ1n) is 5.65. The molecule has 0 bridgehead atoms. The van der Waals surface area contributed by atoms with Gasteiger partial charge in [0.2, 0.25) is 5.71 Å². The molecule has 2 rings (SSSR count). The smallest absolute Gasteiger partial charge is 0.350 e. The van der Waals surface area contributed by atoms with Gasteiger partial charge in [-0.05, 0) is 23.6 Å². The van der Waals surface area contributed by atoms with Gasteiger partial charge in [0.25, 0.3) is 5.78 Å². The van der Waals surface area contributed by atoms with Crippen LogP contribution in [-0.2, 0) is 4.74 Å². The SMILES string of the molecule is COC(=O)c1sccc1N/N=C(\C#N)C(=O)c1ccco1. The number of ketones is 1. The summed E-state index contributed by atoms with van der Waals surface area (Å²) in [7, 11) is 1.26. The number of Topliss-reactive ketones (excluding diaryl/α,β-unsaturated/α-hetero) is 1. The highest BCUT2D eigenvalue weighted by molar-refractivity contribution is 7.12. The first kappa shape index (κ1) is 14.5. The maximum Gasteiger partial charge on any atom is 0.350 e. The van der Waals surface area contributed by atoms with Crippen molar-refractivity contribution in [2.24, 2.45) is 5.10 Å². The van der Waals surface area contributed by atoms with E-state index in [0.29, 0.717) is 10.6 Å². The van der Waals surface area contributed by atoms with Crippen molar-refractivity contribution in [1.29, 1.82) is 5.26 Å². The lowest BCUT2D eigenvalue weighted by Crippen LogP contribution is -2.14. The summed E-state index contributed by atoms with van der Waals surface area (Å²) in [4.78, 5) is 23.7. The molecule has 2 aromatic rings. The largest absolute Gasteiger partial charge is 0.465 e. The van der Waals surface area contributed by atoms with Crippen molar-refractivity contribution >= 4 is 34.5 Å². The highest BCUT2D eigenvalue weighted by Gasteiger charge is 2.18. The Bertz CT molecular complexity index is 725. The second kappa shape index (κ2) is 6.49. The van der Waals surface area contributed by atoms with Crippen LogP contribution in [0.2, 0.25) is 0 Å². The maximum absolute atomic E-state index is 11.9. The third-order valence-electron chi connectivity index (χ3n) is 2.39. The van der Waals surface area contributed by atoms with E-state index in [9.17, 15) is 9.59 Å². The molecule has 0 aliphatic heterocycles. The van der Waals surface area contributed by atoms with Crippen LogP contribution < -0.4 is 5.43 Å². The average molecular weight is 303 g/mol. The topological polar surface area (TPSA) is 105 Å². The van der Waals surface area contributed by atoms with Gasteiger partial charge in [0.05, 0.1) is 19.1 Å². The van der Waals surface area contributed by atoms with Gasteiger partial charge in [0.15, 0.2) is 5.76 Å². The predicted octanol–water partition coefficient (Wildman–Crippen LogP) is 2.30. The molecule has 0 radical (unpaired) electrons. The fourth-order valence-electron chi connectivity index (χ4n) is 1.42. The number of hydrogen-bond donors (Lipinski definition) is 1. The van der Waals surface area contributed by atoms with Gasteiger partial charge in [0.1, 0.15) is 10.9 Å². The van der Waals surface area contributed by atoms with Crippen LogP contribution >= 0.6 is 11.3 Å². The minimum absolute atomic E-state index is 0.00982. The van der Waals surface area contributed by atoms with Gasteiger partial charge in [-0.1, -0.05) is 0 Å². The molecule has 0 aliphatic carbocycles. The second-order valence-electron chi connectivity index (χ2n) is 3.65. The number of methoxy groups -OCH3 is 1. The second-order valence-corrected chi connectivity index (χ2v) is 4.56. The zero-order valence-corrected chi connectivity index (χ0v) is 11.6. The molecule has 0 unspecified atom stereocenters. The van der Waals surface area contributed by atoms with Crippen molar-refractivity contribution < 1.29 is 18.7 Å². The molecule has 106 valence electrons. The summed E-state index contributed by atoms with van der Waals surface area (Å²) in [5.74, 6) is -1.17. The highest BCUT2D eigenvalue weighted by Crippen LogP contribution is 2.23. The highest BCUT2D eigenvalue weighted by atomic mass is 32.1. The van der Waals surface area contributed by atoms with Gasteiger partial charge in [-0.25, -0.2) is 4.79 Å². The van der Waals surface area contributed by atoms with Gasteiger partial charge in [-0.15, -0.1) is 11.3 Å². The van der Waals surface area contributed by atoms with Gasteiger partial charge >= 0.3 is 5.97 Å². The molecule has 7 nitrogen and oxygen atoms in total. The zero-order valence-electron chi connectivity index (χ0n) is 10.8. The van der Waals surface area contributed by atoms with E-state index in [1.54, 1.807) is 17.5 Å². The van der Waals surface area contributed by atoms with E-state index in [-0.39, 0.29) is 11.5 Å². The Balaban J connectivity index is 2.20. The first-order chi connectivity index (χ1) is 10.2. The number of rotatable bonds is 5. The monoisotopic (exact) mass is 303 g/mol. The van der Waals surface area contributed by atoms with Gasteiger partial charge in [-0.2, -0.15) is 10.4 Å². The van der Waals surface area contributed by atoms with Crippen molar-refractivity contribution in [1.82, 2.24) is 0 Å². The number of carbonyl (C=O) groups excluding carboxylic acids is 2. The van der Waals surface area contributed by atoms with E-state index in [4.69, 9.17) is 9.68 Å². The quantitative estimate of drug-likeness (QED) is 0.393. The number of esters is 1. The van der Waals surface area contributed by atoms with Crippen LogP contribution in [0.25, 0.3) is 0 Å². The number of nitrogens with zero attached hydrogens (tertiary/aromatic N) is 2. The van der Waals surface area contributed by atoms with E-state index in [2.05, 4.69) is 15.3 Å². The summed E-state index contributed by atoms with van der Waals surface area (Å²) in [5.41, 5.74) is 2.49. The minimum Gasteiger partial charge on any atom is -0.465 e. The molecular formula is C13H9N3O4S. The van der Waals surface area contributed by atoms with Crippen LogP contribution in [-0.4, -0.2) is 24.6 Å². The molecule has 0 amide bonds. The number of nitrogens with one attached hydrogen (secondary N) is 1. The van der Waals surface area contributed by atoms with Crippen LogP contribution in [0.3, 0.4) is 0 Å². The number of furan rings is 1. The van der Waals surface area contributed by atoms with E-state index >= 15 is 0 Å². The molecule has 0 fully saturated rings. The Morgan fingerprint density at radius 3 is 2.90 bits per heavy atom. The fraction of sp³-hybridized carbons (Fsp3) is 0.0769. The van der Waals surface area contributed by atoms with Crippen LogP contribution in [0.4, 0.5) is 5.69 Å². The summed E-state index contributed by atoms with van der Waals surface area (Å²) >= 11 is 1.15. The Hall–Kier alpha value is -2.92. The van der Waals surface area contributed by atoms with Gasteiger partial charge in [-0.3, -0.25) is 10.2 Å². The number of hydrazone groups is 1. The average Bonchev–Trinajstić information content (AvgIpc) is 3.18. The summed E-state index contributed by atoms with van der Waals surface area (Å²) in [6.45, 7) is 0. The third-order valence-corrected chi connectivity index (χ3v) is 3.28. The molecular weight excluding hydrogens is 294 g/mol. The van der Waals surface area contributed by atoms with Crippen molar-refractivity contribution in [3.8, 4) is 6.07 Å². The Kier molecular flexibility index (Phi) is 4.48. The molecule has 21 heavy (non-hydrogen) atoms. The van der Waals surface area contributed by atoms with Crippen LogP contribution in [0.15, 0.2) is 39.4 Å². The Morgan fingerprint density at radius 1 is 1.48 bits per heavy atom. The summed E-state index contributed by atoms with van der Waals surface area (Å²) < 4.78 is 9.52. The van der Waals surface area contributed by atoms with Crippen molar-refractivity contribution in [2.45, 2.75) is 0 Å². The molecule has 0 atom stereocenters. The minimum atomic E-state index is -0.648. The lowest BCUT2D eigenvalue weighted by Gasteiger charge is -2.01. The lowest BCUT2D eigenvalue weighted by atomic mass is 10.2. The van der Waals surface area contributed by atoms with Crippen LogP contribution in [0.5, 0.6) is 0 Å². The molecule has 0 aromatic carbocycles. The lowest BCUT2D eigenvalue weighted by molar-refractivity contribution is 0.0607. The van der Waals surface area contributed by atoms with Crippen LogP contribution in [0.1, 0.15) is 20.2 Å². The summed E-state index contributed by atoms with van der Waals surface area (Å²) in [6.07, 6.45) is 1.32. The fourth-order valence-corrected chi connectivity index (χ4v) is 2.18. The molecule has 1 N–H and O–H groups in total. The number of nitriles is 1. The molecule has 0 saturated heterocycles. The predicted molar refractivity (Wildman–Crippen MR) is 75.4 cm³/mol. The standard InChI is InChI=1S/C13H9N3O4S/c1-19-13(18)12-8(4-6-21-12)15-16-9(7-14)11(17)10-3-2-5-20-10/h2-6,15H,1H3/b16-9+. The number of thiophene rings is 1. The third kappa shape index (κ3) is 3.16. The van der Waals surface area contributed by atoms with Crippen molar-refractivity contribution in [3.05, 3.63) is 40.5 Å². The normalized spacial score (nSPS) is 10.8. The Labute approximate surface area is 123 Å². The number of anilines is 1. The zero-order chi connectivity index (χ0) is 15.2. The molecule has 8 heteroatoms. The van der Waals surface area contributed by atoms with E-state index < -0.39 is 11.8 Å². The Morgan fingerprint density at radius 2 is 2.29 bits per heavy atom. The van der Waals surface area contributed by atoms with E-state index in [1.807, 2.05) is 0 Å². The molecule has 0 spiro atoms. The summed E-state index contributed by atoms with van der Waals surface area (Å²) in [6, 6.07) is 6.23.